The van der Waals surface area contributed by atoms with Crippen molar-refractivity contribution in [1.82, 2.24) is 10.3 Å². The lowest BCUT2D eigenvalue weighted by Crippen LogP contribution is -2.35. The second kappa shape index (κ2) is 7.26. The Hall–Kier alpha value is -1.09. The Labute approximate surface area is 130 Å². The smallest absolute Gasteiger partial charge is 0.131 e. The first-order chi connectivity index (χ1) is 9.97. The van der Waals surface area contributed by atoms with E-state index in [0.29, 0.717) is 12.1 Å². The van der Waals surface area contributed by atoms with Crippen LogP contribution in [0, 0.1) is 12.8 Å². The van der Waals surface area contributed by atoms with Crippen molar-refractivity contribution in [1.29, 1.82) is 0 Å². The predicted molar refractivity (Wildman–Crippen MR) is 90.8 cm³/mol. The summed E-state index contributed by atoms with van der Waals surface area (Å²) in [5.41, 5.74) is 2.56. The van der Waals surface area contributed by atoms with Crippen LogP contribution in [-0.2, 0) is 6.54 Å². The van der Waals surface area contributed by atoms with Gasteiger partial charge in [-0.3, -0.25) is 0 Å². The molecule has 1 heterocycles. The first-order valence-corrected chi connectivity index (χ1v) is 8.39. The Bertz CT molecular complexity index is 448. The van der Waals surface area contributed by atoms with E-state index >= 15 is 0 Å². The summed E-state index contributed by atoms with van der Waals surface area (Å²) < 4.78 is 0. The molecule has 0 bridgehead atoms. The third kappa shape index (κ3) is 4.44. The lowest BCUT2D eigenvalue weighted by atomic mass is 9.86. The minimum atomic E-state index is 0.511. The average Bonchev–Trinajstić information content (AvgIpc) is 2.45. The van der Waals surface area contributed by atoms with Gasteiger partial charge in [0, 0.05) is 31.9 Å². The van der Waals surface area contributed by atoms with E-state index in [1.807, 2.05) is 6.20 Å². The van der Waals surface area contributed by atoms with Gasteiger partial charge in [-0.05, 0) is 55.7 Å². The van der Waals surface area contributed by atoms with Crippen molar-refractivity contribution < 1.29 is 0 Å². The summed E-state index contributed by atoms with van der Waals surface area (Å²) in [5, 5.41) is 3.45. The number of rotatable bonds is 5. The van der Waals surface area contributed by atoms with Gasteiger partial charge in [0.05, 0.1) is 0 Å². The number of nitrogens with zero attached hydrogens (tertiary/aromatic N) is 2. The summed E-state index contributed by atoms with van der Waals surface area (Å²) in [5.74, 6) is 2.05. The van der Waals surface area contributed by atoms with Gasteiger partial charge in [-0.15, -0.1) is 0 Å². The summed E-state index contributed by atoms with van der Waals surface area (Å²) >= 11 is 0. The first kappa shape index (κ1) is 16.3. The van der Waals surface area contributed by atoms with E-state index in [0.717, 1.165) is 18.3 Å². The lowest BCUT2D eigenvalue weighted by molar-refractivity contribution is 0.340. The number of anilines is 1. The molecular weight excluding hydrogens is 258 g/mol. The summed E-state index contributed by atoms with van der Waals surface area (Å²) in [6.45, 7) is 9.80. The fourth-order valence-electron chi connectivity index (χ4n) is 3.22. The Morgan fingerprint density at radius 2 is 1.95 bits per heavy atom. The van der Waals surface area contributed by atoms with Crippen LogP contribution >= 0.6 is 0 Å². The van der Waals surface area contributed by atoms with Crippen LogP contribution in [0.1, 0.15) is 57.6 Å². The highest BCUT2D eigenvalue weighted by molar-refractivity contribution is 5.47. The Balaban J connectivity index is 2.02. The second-order valence-electron chi connectivity index (χ2n) is 7.04. The molecule has 0 aliphatic heterocycles. The first-order valence-electron chi connectivity index (χ1n) is 8.39. The molecular formula is C18H31N3. The van der Waals surface area contributed by atoms with Gasteiger partial charge in [0.25, 0.3) is 0 Å². The molecule has 1 fully saturated rings. The van der Waals surface area contributed by atoms with Gasteiger partial charge < -0.3 is 10.2 Å². The number of hydrogen-bond acceptors (Lipinski definition) is 3. The van der Waals surface area contributed by atoms with Crippen molar-refractivity contribution in [3.63, 3.8) is 0 Å². The van der Waals surface area contributed by atoms with Crippen LogP contribution in [0.4, 0.5) is 5.82 Å². The molecule has 1 aliphatic carbocycles. The van der Waals surface area contributed by atoms with E-state index < -0.39 is 0 Å². The van der Waals surface area contributed by atoms with E-state index in [-0.39, 0.29) is 0 Å². The molecule has 0 saturated heterocycles. The predicted octanol–water partition coefficient (Wildman–Crippen LogP) is 3.90. The fraction of sp³-hybridized carbons (Fsp3) is 0.722. The van der Waals surface area contributed by atoms with Crippen molar-refractivity contribution in [3.05, 3.63) is 23.4 Å². The van der Waals surface area contributed by atoms with E-state index in [2.05, 4.69) is 51.0 Å². The van der Waals surface area contributed by atoms with Crippen LogP contribution < -0.4 is 10.2 Å². The van der Waals surface area contributed by atoms with Crippen molar-refractivity contribution >= 4 is 5.82 Å². The molecule has 0 atom stereocenters. The van der Waals surface area contributed by atoms with Crippen LogP contribution in [0.25, 0.3) is 0 Å². The normalized spacial score (nSPS) is 22.6. The zero-order valence-electron chi connectivity index (χ0n) is 14.3. The van der Waals surface area contributed by atoms with Gasteiger partial charge in [0.2, 0.25) is 0 Å². The molecule has 0 amide bonds. The van der Waals surface area contributed by atoms with E-state index in [9.17, 15) is 0 Å². The zero-order valence-corrected chi connectivity index (χ0v) is 14.3. The largest absolute Gasteiger partial charge is 0.356 e. The minimum absolute atomic E-state index is 0.511. The maximum Gasteiger partial charge on any atom is 0.131 e. The molecule has 21 heavy (non-hydrogen) atoms. The molecule has 1 saturated carbocycles. The molecule has 3 heteroatoms. The van der Waals surface area contributed by atoms with Crippen molar-refractivity contribution in [2.45, 2.75) is 72.0 Å². The highest BCUT2D eigenvalue weighted by Crippen LogP contribution is 2.29. The van der Waals surface area contributed by atoms with Gasteiger partial charge in [-0.2, -0.15) is 0 Å². The maximum absolute atomic E-state index is 4.74. The van der Waals surface area contributed by atoms with Gasteiger partial charge in [0.15, 0.2) is 0 Å². The molecule has 0 aromatic carbocycles. The maximum atomic E-state index is 4.74. The van der Waals surface area contributed by atoms with Crippen LogP contribution in [0.3, 0.4) is 0 Å². The highest BCUT2D eigenvalue weighted by atomic mass is 15.2. The molecule has 1 aromatic rings. The van der Waals surface area contributed by atoms with E-state index in [4.69, 9.17) is 4.98 Å². The molecule has 1 aromatic heterocycles. The fourth-order valence-corrected chi connectivity index (χ4v) is 3.22. The highest BCUT2D eigenvalue weighted by Gasteiger charge is 2.23. The Morgan fingerprint density at radius 3 is 2.52 bits per heavy atom. The monoisotopic (exact) mass is 289 g/mol. The van der Waals surface area contributed by atoms with Crippen LogP contribution in [-0.4, -0.2) is 24.1 Å². The summed E-state index contributed by atoms with van der Waals surface area (Å²) in [4.78, 5) is 7.14. The van der Waals surface area contributed by atoms with Crippen LogP contribution in [0.2, 0.25) is 0 Å². The van der Waals surface area contributed by atoms with E-state index in [1.165, 1.54) is 36.8 Å². The Morgan fingerprint density at radius 1 is 1.29 bits per heavy atom. The quantitative estimate of drug-likeness (QED) is 0.891. The van der Waals surface area contributed by atoms with Crippen LogP contribution in [0.5, 0.6) is 0 Å². The number of hydrogen-bond donors (Lipinski definition) is 1. The molecule has 3 nitrogen and oxygen atoms in total. The van der Waals surface area contributed by atoms with E-state index in [1.54, 1.807) is 0 Å². The molecule has 1 aliphatic rings. The van der Waals surface area contributed by atoms with Gasteiger partial charge in [-0.1, -0.05) is 20.8 Å². The third-order valence-electron chi connectivity index (χ3n) is 4.69. The average molecular weight is 289 g/mol. The number of nitrogens with one attached hydrogen (secondary N) is 1. The third-order valence-corrected chi connectivity index (χ3v) is 4.69. The Kier molecular flexibility index (Phi) is 5.63. The molecule has 0 radical (unpaired) electrons. The summed E-state index contributed by atoms with van der Waals surface area (Å²) in [6, 6.07) is 3.45. The van der Waals surface area contributed by atoms with Crippen molar-refractivity contribution in [2.75, 3.05) is 11.9 Å². The SMILES string of the molecule is Cc1cc(CNC(C)C)cnc1N(C)C1CCC(C)CC1. The molecule has 2 rings (SSSR count). The standard InChI is InChI=1S/C18H31N3/c1-13(2)19-11-16-10-15(4)18(20-12-16)21(5)17-8-6-14(3)7-9-17/h10,12-14,17,19H,6-9,11H2,1-5H3. The number of aromatic nitrogens is 1. The van der Waals surface area contributed by atoms with Crippen molar-refractivity contribution in [3.8, 4) is 0 Å². The number of pyridine rings is 1. The zero-order chi connectivity index (χ0) is 15.4. The lowest BCUT2D eigenvalue weighted by Gasteiger charge is -2.35. The molecule has 0 unspecified atom stereocenters. The minimum Gasteiger partial charge on any atom is -0.356 e. The van der Waals surface area contributed by atoms with Gasteiger partial charge in [-0.25, -0.2) is 4.98 Å². The van der Waals surface area contributed by atoms with Crippen LogP contribution in [0.15, 0.2) is 12.3 Å². The topological polar surface area (TPSA) is 28.2 Å². The molecule has 1 N–H and O–H groups in total. The van der Waals surface area contributed by atoms with Crippen molar-refractivity contribution in [2.24, 2.45) is 5.92 Å². The summed E-state index contributed by atoms with van der Waals surface area (Å²) in [7, 11) is 2.21. The molecule has 0 spiro atoms. The number of aryl methyl sites for hydroxylation is 1. The van der Waals surface area contributed by atoms with Gasteiger partial charge >= 0.3 is 0 Å². The second-order valence-corrected chi connectivity index (χ2v) is 7.04. The van der Waals surface area contributed by atoms with Gasteiger partial charge in [0.1, 0.15) is 5.82 Å². The molecule has 118 valence electrons. The summed E-state index contributed by atoms with van der Waals surface area (Å²) in [6.07, 6.45) is 7.33.